The van der Waals surface area contributed by atoms with E-state index in [-0.39, 0.29) is 11.8 Å². The molecule has 0 amide bonds. The summed E-state index contributed by atoms with van der Waals surface area (Å²) >= 11 is 5.76. The van der Waals surface area contributed by atoms with Gasteiger partial charge >= 0.3 is 0 Å². The largest absolute Gasteiger partial charge is 0.372 e. The zero-order valence-electron chi connectivity index (χ0n) is 29.5. The van der Waals surface area contributed by atoms with Gasteiger partial charge in [0.15, 0.2) is 14.9 Å². The van der Waals surface area contributed by atoms with Crippen molar-refractivity contribution in [3.8, 4) is 0 Å². The van der Waals surface area contributed by atoms with Crippen LogP contribution in [0, 0.1) is 5.92 Å². The summed E-state index contributed by atoms with van der Waals surface area (Å²) in [7, 11) is -3.53. The van der Waals surface area contributed by atoms with Crippen molar-refractivity contribution in [3.05, 3.63) is 53.6 Å². The number of thiocarbonyl (C=S) groups is 1. The summed E-state index contributed by atoms with van der Waals surface area (Å²) in [5.74, 6) is 1.11. The van der Waals surface area contributed by atoms with Crippen LogP contribution in [0.1, 0.15) is 109 Å². The SMILES string of the molecule is CCCCC1(CCCC)CS(=O)(=O)c2ccc(N(CC)CC)cc2C(c2cccc(NC(=S)NCCC[N+]34CCC(CC3)CC4)c2)N1. The van der Waals surface area contributed by atoms with Crippen LogP contribution in [0.2, 0.25) is 0 Å². The maximum Gasteiger partial charge on any atom is 0.180 e. The number of rotatable bonds is 15. The Bertz CT molecular complexity index is 1430. The first kappa shape index (κ1) is 36.1. The first-order valence-corrected chi connectivity index (χ1v) is 20.6. The van der Waals surface area contributed by atoms with Crippen LogP contribution in [0.5, 0.6) is 0 Å². The molecule has 2 aromatic carbocycles. The molecule has 3 saturated heterocycles. The van der Waals surface area contributed by atoms with Crippen molar-refractivity contribution < 1.29 is 12.9 Å². The van der Waals surface area contributed by atoms with Crippen LogP contribution >= 0.6 is 12.2 Å². The van der Waals surface area contributed by atoms with Crippen molar-refractivity contribution in [2.45, 2.75) is 108 Å². The number of nitrogens with one attached hydrogen (secondary N) is 3. The Kier molecular flexibility index (Phi) is 12.3. The molecule has 0 spiro atoms. The number of unbranched alkanes of at least 4 members (excludes halogenated alkanes) is 2. The summed E-state index contributed by atoms with van der Waals surface area (Å²) in [5, 5.41) is 11.6. The van der Waals surface area contributed by atoms with Gasteiger partial charge in [-0.1, -0.05) is 51.7 Å². The average Bonchev–Trinajstić information content (AvgIpc) is 3.18. The second-order valence-corrected chi connectivity index (χ2v) is 16.9. The molecule has 260 valence electrons. The van der Waals surface area contributed by atoms with Gasteiger partial charge in [0, 0.05) is 43.0 Å². The summed E-state index contributed by atoms with van der Waals surface area (Å²) in [6.45, 7) is 16.6. The van der Waals surface area contributed by atoms with Gasteiger partial charge in [-0.3, -0.25) is 5.32 Å². The topological polar surface area (TPSA) is 73.5 Å². The van der Waals surface area contributed by atoms with E-state index in [2.05, 4.69) is 78.9 Å². The highest BCUT2D eigenvalue weighted by atomic mass is 32.2. The highest BCUT2D eigenvalue weighted by molar-refractivity contribution is 7.91. The van der Waals surface area contributed by atoms with Crippen molar-refractivity contribution in [2.24, 2.45) is 5.92 Å². The van der Waals surface area contributed by atoms with Gasteiger partial charge in [0.2, 0.25) is 0 Å². The van der Waals surface area contributed by atoms with E-state index in [9.17, 15) is 8.42 Å². The number of anilines is 2. The van der Waals surface area contributed by atoms with Crippen LogP contribution in [0.3, 0.4) is 0 Å². The number of fused-ring (bicyclic) bond motifs is 4. The quantitative estimate of drug-likeness (QED) is 0.103. The lowest BCUT2D eigenvalue weighted by molar-refractivity contribution is -0.942. The van der Waals surface area contributed by atoms with Crippen molar-refractivity contribution in [3.63, 3.8) is 0 Å². The van der Waals surface area contributed by atoms with Crippen LogP contribution < -0.4 is 20.9 Å². The molecule has 0 saturated carbocycles. The van der Waals surface area contributed by atoms with Gasteiger partial charge in [-0.05, 0) is 106 Å². The summed E-state index contributed by atoms with van der Waals surface area (Å²) in [4.78, 5) is 2.75. The van der Waals surface area contributed by atoms with Crippen molar-refractivity contribution in [1.82, 2.24) is 10.6 Å². The predicted molar refractivity (Wildman–Crippen MR) is 201 cm³/mol. The second-order valence-electron chi connectivity index (χ2n) is 14.5. The van der Waals surface area contributed by atoms with Gasteiger partial charge in [0.25, 0.3) is 0 Å². The van der Waals surface area contributed by atoms with Gasteiger partial charge in [0.1, 0.15) is 0 Å². The Morgan fingerprint density at radius 3 is 2.28 bits per heavy atom. The highest BCUT2D eigenvalue weighted by Gasteiger charge is 2.43. The number of hydrogen-bond acceptors (Lipinski definition) is 5. The minimum atomic E-state index is -3.53. The number of piperidine rings is 3. The Morgan fingerprint density at radius 1 is 0.957 bits per heavy atom. The molecule has 4 aliphatic heterocycles. The van der Waals surface area contributed by atoms with E-state index in [0.29, 0.717) is 10.0 Å². The van der Waals surface area contributed by atoms with E-state index in [4.69, 9.17) is 12.2 Å². The summed E-state index contributed by atoms with van der Waals surface area (Å²) in [6.07, 6.45) is 11.1. The maximum atomic E-state index is 14.2. The molecule has 47 heavy (non-hydrogen) atoms. The molecule has 9 heteroatoms. The molecule has 3 fully saturated rings. The molecule has 6 rings (SSSR count). The van der Waals surface area contributed by atoms with Gasteiger partial charge in [0.05, 0.1) is 42.9 Å². The number of benzene rings is 2. The number of sulfone groups is 1. The van der Waals surface area contributed by atoms with E-state index < -0.39 is 15.4 Å². The van der Waals surface area contributed by atoms with Gasteiger partial charge in [-0.2, -0.15) is 0 Å². The maximum absolute atomic E-state index is 14.2. The predicted octanol–water partition coefficient (Wildman–Crippen LogP) is 7.43. The molecule has 3 N–H and O–H groups in total. The Labute approximate surface area is 290 Å². The van der Waals surface area contributed by atoms with Crippen LogP contribution in [-0.4, -0.2) is 75.1 Å². The third-order valence-corrected chi connectivity index (χ3v) is 13.5. The third-order valence-electron chi connectivity index (χ3n) is 11.3. The van der Waals surface area contributed by atoms with E-state index in [1.165, 1.54) is 49.9 Å². The van der Waals surface area contributed by atoms with Gasteiger partial charge < -0.3 is 20.0 Å². The van der Waals surface area contributed by atoms with E-state index >= 15 is 0 Å². The second kappa shape index (κ2) is 16.0. The number of nitrogens with zero attached hydrogens (tertiary/aromatic N) is 2. The molecule has 4 aliphatic rings. The van der Waals surface area contributed by atoms with E-state index in [1.54, 1.807) is 0 Å². The molecule has 7 nitrogen and oxygen atoms in total. The molecule has 0 radical (unpaired) electrons. The standard InChI is InChI=1S/C38H59N5O2S2/c1-5-9-20-38(21-10-6-2)29-47(44,45)35-16-15-33(42(7-3)8-4)28-34(35)36(41-38)31-13-11-14-32(27-31)40-37(46)39-22-12-23-43-24-17-30(18-25-43)19-26-43/h11,13-16,27-28,30,36,41H,5-10,12,17-26,29H2,1-4H3,(H-,39,40,46)/p+1. The van der Waals surface area contributed by atoms with Crippen LogP contribution in [0.4, 0.5) is 11.4 Å². The molecule has 1 atom stereocenters. The van der Waals surface area contributed by atoms with Gasteiger partial charge in [-0.15, -0.1) is 0 Å². The Hall–Kier alpha value is -2.20. The lowest BCUT2D eigenvalue weighted by atomic mass is 9.85. The zero-order valence-corrected chi connectivity index (χ0v) is 31.1. The monoisotopic (exact) mass is 682 g/mol. The van der Waals surface area contributed by atoms with Crippen molar-refractivity contribution in [2.75, 3.05) is 61.8 Å². The fourth-order valence-electron chi connectivity index (χ4n) is 8.46. The summed E-state index contributed by atoms with van der Waals surface area (Å²) in [6, 6.07) is 14.1. The normalized spacial score (nSPS) is 24.3. The minimum absolute atomic E-state index is 0.126. The molecule has 0 aromatic heterocycles. The number of hydrogen-bond donors (Lipinski definition) is 3. The van der Waals surface area contributed by atoms with Gasteiger partial charge in [-0.25, -0.2) is 8.42 Å². The fraction of sp³-hybridized carbons (Fsp3) is 0.658. The molecule has 1 unspecified atom stereocenters. The average molecular weight is 683 g/mol. The molecule has 2 aromatic rings. The lowest BCUT2D eigenvalue weighted by Crippen LogP contribution is -2.58. The zero-order chi connectivity index (χ0) is 33.5. The van der Waals surface area contributed by atoms with E-state index in [1.807, 2.05) is 12.1 Å². The molecule has 2 bridgehead atoms. The minimum Gasteiger partial charge on any atom is -0.372 e. The lowest BCUT2D eigenvalue weighted by Gasteiger charge is -2.49. The molecular weight excluding hydrogens is 623 g/mol. The molecular formula is C38H60N5O2S2+. The summed E-state index contributed by atoms with van der Waals surface area (Å²) in [5.41, 5.74) is 3.37. The Balaban J connectivity index is 1.39. The highest BCUT2D eigenvalue weighted by Crippen LogP contribution is 2.41. The van der Waals surface area contributed by atoms with Crippen molar-refractivity contribution in [1.29, 1.82) is 0 Å². The molecule has 4 heterocycles. The van der Waals surface area contributed by atoms with Crippen molar-refractivity contribution >= 4 is 38.5 Å². The summed E-state index contributed by atoms with van der Waals surface area (Å²) < 4.78 is 29.7. The van der Waals surface area contributed by atoms with Crippen LogP contribution in [-0.2, 0) is 9.84 Å². The number of quaternary nitrogens is 1. The van der Waals surface area contributed by atoms with E-state index in [0.717, 1.165) is 93.0 Å². The third kappa shape index (κ3) is 8.70. The van der Waals surface area contributed by atoms with Crippen LogP contribution in [0.25, 0.3) is 0 Å². The first-order chi connectivity index (χ1) is 22.6. The smallest absolute Gasteiger partial charge is 0.180 e. The van der Waals surface area contributed by atoms with Crippen LogP contribution in [0.15, 0.2) is 47.4 Å². The molecule has 0 aliphatic carbocycles. The Morgan fingerprint density at radius 2 is 1.64 bits per heavy atom. The first-order valence-electron chi connectivity index (χ1n) is 18.5. The fourth-order valence-corrected chi connectivity index (χ4v) is 10.8.